The highest BCUT2D eigenvalue weighted by Gasteiger charge is 2.46. The van der Waals surface area contributed by atoms with E-state index in [0.29, 0.717) is 12.0 Å². The number of nitrogens with two attached hydrogens (primary N) is 1. The number of hydrazine groups is 1. The molecule has 4 nitrogen and oxygen atoms in total. The predicted molar refractivity (Wildman–Crippen MR) is 78.7 cm³/mol. The molecule has 1 aliphatic carbocycles. The largest absolute Gasteiger partial charge is 0.381 e. The molecule has 4 heteroatoms. The van der Waals surface area contributed by atoms with E-state index in [4.69, 9.17) is 10.6 Å². The first-order chi connectivity index (χ1) is 9.10. The predicted octanol–water partition coefficient (Wildman–Crippen LogP) is 1.76. The molecule has 0 radical (unpaired) electrons. The molecule has 1 heterocycles. The number of hydrogen-bond donors (Lipinski definition) is 2. The lowest BCUT2D eigenvalue weighted by Crippen LogP contribution is -2.65. The SMILES string of the molecule is CC1CCCC(C(NN)C2CCCOC2)(N(C)C)C1. The van der Waals surface area contributed by atoms with Crippen LogP contribution in [0.25, 0.3) is 0 Å². The van der Waals surface area contributed by atoms with Crippen molar-refractivity contribution < 1.29 is 4.74 Å². The molecular formula is C15H31N3O. The van der Waals surface area contributed by atoms with Gasteiger partial charge in [0.1, 0.15) is 0 Å². The van der Waals surface area contributed by atoms with Crippen LogP contribution in [0, 0.1) is 11.8 Å². The maximum atomic E-state index is 5.97. The molecule has 19 heavy (non-hydrogen) atoms. The van der Waals surface area contributed by atoms with Crippen molar-refractivity contribution in [1.29, 1.82) is 0 Å². The third kappa shape index (κ3) is 3.13. The molecule has 112 valence electrons. The van der Waals surface area contributed by atoms with Crippen LogP contribution in [0.1, 0.15) is 45.4 Å². The summed E-state index contributed by atoms with van der Waals surface area (Å²) >= 11 is 0. The van der Waals surface area contributed by atoms with Gasteiger partial charge >= 0.3 is 0 Å². The van der Waals surface area contributed by atoms with Gasteiger partial charge in [-0.25, -0.2) is 0 Å². The molecule has 3 N–H and O–H groups in total. The van der Waals surface area contributed by atoms with E-state index in [1.54, 1.807) is 0 Å². The smallest absolute Gasteiger partial charge is 0.0510 e. The highest BCUT2D eigenvalue weighted by molar-refractivity contribution is 5.04. The van der Waals surface area contributed by atoms with Gasteiger partial charge in [0.05, 0.1) is 6.61 Å². The lowest BCUT2D eigenvalue weighted by Gasteiger charge is -2.52. The second-order valence-electron chi connectivity index (χ2n) is 6.82. The summed E-state index contributed by atoms with van der Waals surface area (Å²) in [6, 6.07) is 0.338. The average molecular weight is 269 g/mol. The lowest BCUT2D eigenvalue weighted by molar-refractivity contribution is -0.0293. The van der Waals surface area contributed by atoms with Crippen LogP contribution >= 0.6 is 0 Å². The van der Waals surface area contributed by atoms with Crippen LogP contribution in [0.15, 0.2) is 0 Å². The van der Waals surface area contributed by atoms with Crippen LogP contribution < -0.4 is 11.3 Å². The maximum Gasteiger partial charge on any atom is 0.0510 e. The Morgan fingerprint density at radius 3 is 2.63 bits per heavy atom. The summed E-state index contributed by atoms with van der Waals surface area (Å²) in [6.45, 7) is 4.15. The van der Waals surface area contributed by atoms with Gasteiger partial charge in [-0.05, 0) is 45.7 Å². The summed E-state index contributed by atoms with van der Waals surface area (Å²) in [5, 5.41) is 0. The second kappa shape index (κ2) is 6.53. The second-order valence-corrected chi connectivity index (χ2v) is 6.82. The molecule has 0 aromatic heterocycles. The van der Waals surface area contributed by atoms with E-state index >= 15 is 0 Å². The van der Waals surface area contributed by atoms with E-state index in [1.807, 2.05) is 0 Å². The molecule has 2 aliphatic rings. The quantitative estimate of drug-likeness (QED) is 0.603. The van der Waals surface area contributed by atoms with Gasteiger partial charge in [0.25, 0.3) is 0 Å². The fourth-order valence-corrected chi connectivity index (χ4v) is 4.29. The van der Waals surface area contributed by atoms with Crippen molar-refractivity contribution in [2.75, 3.05) is 27.3 Å². The Labute approximate surface area is 118 Å². The maximum absolute atomic E-state index is 5.97. The van der Waals surface area contributed by atoms with Gasteiger partial charge < -0.3 is 9.64 Å². The molecule has 4 unspecified atom stereocenters. The Hall–Kier alpha value is -0.160. The van der Waals surface area contributed by atoms with Crippen LogP contribution in [0.3, 0.4) is 0 Å². The van der Waals surface area contributed by atoms with E-state index < -0.39 is 0 Å². The molecule has 2 fully saturated rings. The van der Waals surface area contributed by atoms with Crippen LogP contribution in [0.5, 0.6) is 0 Å². The van der Waals surface area contributed by atoms with Crippen LogP contribution in [-0.4, -0.2) is 43.8 Å². The minimum Gasteiger partial charge on any atom is -0.381 e. The van der Waals surface area contributed by atoms with Crippen molar-refractivity contribution in [3.63, 3.8) is 0 Å². The summed E-state index contributed by atoms with van der Waals surface area (Å²) in [6.07, 6.45) is 7.56. The number of nitrogens with zero attached hydrogens (tertiary/aromatic N) is 1. The molecule has 4 atom stereocenters. The Bertz CT molecular complexity index is 279. The van der Waals surface area contributed by atoms with Crippen molar-refractivity contribution in [2.24, 2.45) is 17.7 Å². The summed E-state index contributed by atoms with van der Waals surface area (Å²) in [5.74, 6) is 7.31. The minimum atomic E-state index is 0.192. The third-order valence-electron chi connectivity index (χ3n) is 5.32. The van der Waals surface area contributed by atoms with Gasteiger partial charge in [0, 0.05) is 24.1 Å². The first-order valence-electron chi connectivity index (χ1n) is 7.81. The van der Waals surface area contributed by atoms with Gasteiger partial charge in [-0.2, -0.15) is 0 Å². The zero-order chi connectivity index (χ0) is 13.9. The third-order valence-corrected chi connectivity index (χ3v) is 5.32. The van der Waals surface area contributed by atoms with Crippen molar-refractivity contribution >= 4 is 0 Å². The Morgan fingerprint density at radius 1 is 1.32 bits per heavy atom. The summed E-state index contributed by atoms with van der Waals surface area (Å²) in [4.78, 5) is 2.42. The van der Waals surface area contributed by atoms with Gasteiger partial charge in [-0.3, -0.25) is 11.3 Å². The first-order valence-corrected chi connectivity index (χ1v) is 7.81. The van der Waals surface area contributed by atoms with E-state index in [-0.39, 0.29) is 5.54 Å². The number of hydrogen-bond acceptors (Lipinski definition) is 4. The molecule has 1 aliphatic heterocycles. The van der Waals surface area contributed by atoms with E-state index in [0.717, 1.165) is 19.1 Å². The molecule has 0 bridgehead atoms. The monoisotopic (exact) mass is 269 g/mol. The van der Waals surface area contributed by atoms with E-state index in [1.165, 1.54) is 38.5 Å². The molecule has 2 rings (SSSR count). The lowest BCUT2D eigenvalue weighted by atomic mass is 9.67. The molecule has 0 aromatic rings. The molecule has 0 amide bonds. The summed E-state index contributed by atoms with van der Waals surface area (Å²) < 4.78 is 5.69. The number of rotatable bonds is 4. The summed E-state index contributed by atoms with van der Waals surface area (Å²) in [7, 11) is 4.43. The van der Waals surface area contributed by atoms with E-state index in [2.05, 4.69) is 31.3 Å². The number of likely N-dealkylation sites (N-methyl/N-ethyl adjacent to an activating group) is 1. The topological polar surface area (TPSA) is 50.5 Å². The Kier molecular flexibility index (Phi) is 5.23. The van der Waals surface area contributed by atoms with Gasteiger partial charge in [0.15, 0.2) is 0 Å². The standard InChI is InChI=1S/C15H31N3O/c1-12-6-4-8-15(10-12,18(2)3)14(17-16)13-7-5-9-19-11-13/h12-14,17H,4-11,16H2,1-3H3. The first kappa shape index (κ1) is 15.2. The highest BCUT2D eigenvalue weighted by atomic mass is 16.5. The molecule has 0 spiro atoms. The Balaban J connectivity index is 2.19. The molecular weight excluding hydrogens is 238 g/mol. The molecule has 1 saturated carbocycles. The van der Waals surface area contributed by atoms with Crippen LogP contribution in [0.4, 0.5) is 0 Å². The van der Waals surface area contributed by atoms with Crippen molar-refractivity contribution in [2.45, 2.75) is 57.0 Å². The molecule has 0 aromatic carbocycles. The van der Waals surface area contributed by atoms with Gasteiger partial charge in [0.2, 0.25) is 0 Å². The number of ether oxygens (including phenoxy) is 1. The molecule has 1 saturated heterocycles. The summed E-state index contributed by atoms with van der Waals surface area (Å²) in [5.41, 5.74) is 3.35. The zero-order valence-electron chi connectivity index (χ0n) is 12.8. The van der Waals surface area contributed by atoms with Crippen molar-refractivity contribution in [3.8, 4) is 0 Å². The zero-order valence-corrected chi connectivity index (χ0v) is 12.8. The van der Waals surface area contributed by atoms with Crippen LogP contribution in [-0.2, 0) is 4.74 Å². The fraction of sp³-hybridized carbons (Fsp3) is 1.00. The van der Waals surface area contributed by atoms with Crippen molar-refractivity contribution in [1.82, 2.24) is 10.3 Å². The average Bonchev–Trinajstić information content (AvgIpc) is 2.40. The van der Waals surface area contributed by atoms with E-state index in [9.17, 15) is 0 Å². The minimum absolute atomic E-state index is 0.192. The number of nitrogens with one attached hydrogen (secondary N) is 1. The normalized spacial score (nSPS) is 38.4. The highest BCUT2D eigenvalue weighted by Crippen LogP contribution is 2.41. The van der Waals surface area contributed by atoms with Gasteiger partial charge in [-0.1, -0.05) is 19.8 Å². The van der Waals surface area contributed by atoms with Crippen molar-refractivity contribution in [3.05, 3.63) is 0 Å². The van der Waals surface area contributed by atoms with Crippen LogP contribution in [0.2, 0.25) is 0 Å². The Morgan fingerprint density at radius 2 is 2.11 bits per heavy atom. The van der Waals surface area contributed by atoms with Gasteiger partial charge in [-0.15, -0.1) is 0 Å². The fourth-order valence-electron chi connectivity index (χ4n) is 4.29.